The molecule has 0 saturated carbocycles. The van der Waals surface area contributed by atoms with Crippen molar-refractivity contribution >= 4 is 0 Å². The van der Waals surface area contributed by atoms with E-state index in [9.17, 15) is 70.2 Å². The van der Waals surface area contributed by atoms with E-state index in [4.69, 9.17) is 37.9 Å². The Balaban J connectivity index is 0.000000675. The van der Waals surface area contributed by atoms with Crippen LogP contribution in [-0.2, 0) is 0 Å². The van der Waals surface area contributed by atoms with Crippen molar-refractivity contribution in [2.45, 2.75) is 225 Å². The molecule has 0 N–H and O–H groups in total. The lowest BCUT2D eigenvalue weighted by molar-refractivity contribution is 0.285. The molecule has 0 unspecified atom stereocenters. The summed E-state index contributed by atoms with van der Waals surface area (Å²) in [7, 11) is 0. The molecule has 0 saturated heterocycles. The predicted octanol–water partition coefficient (Wildman–Crippen LogP) is 29.5. The predicted molar refractivity (Wildman–Crippen MR) is 439 cm³/mol. The minimum Gasteiger partial charge on any atom is -0.490 e. The van der Waals surface area contributed by atoms with Gasteiger partial charge in [0, 0.05) is 0 Å². The van der Waals surface area contributed by atoms with Gasteiger partial charge in [0.2, 0.25) is 46.5 Å². The number of hydrogen-bond acceptors (Lipinski definition) is 8. The third kappa shape index (κ3) is 39.8. The van der Waals surface area contributed by atoms with Gasteiger partial charge < -0.3 is 37.9 Å². The summed E-state index contributed by atoms with van der Waals surface area (Å²) in [5.74, 6) is -13.9. The van der Waals surface area contributed by atoms with E-state index in [1.54, 1.807) is 0 Å². The summed E-state index contributed by atoms with van der Waals surface area (Å²) in [5.41, 5.74) is 2.33. The minimum absolute atomic E-state index is 0.00144. The fourth-order valence-electron chi connectivity index (χ4n) is 9.74. The molecule has 0 heterocycles. The summed E-state index contributed by atoms with van der Waals surface area (Å²) >= 11 is 0. The lowest BCUT2D eigenvalue weighted by atomic mass is 10.2. The molecule has 0 aliphatic heterocycles. The van der Waals surface area contributed by atoms with Crippen LogP contribution < -0.4 is 37.9 Å². The van der Waals surface area contributed by atoms with Crippen molar-refractivity contribution in [2.75, 3.05) is 52.9 Å². The first-order chi connectivity index (χ1) is 56.3. The molecule has 118 heavy (non-hydrogen) atoms. The second kappa shape index (κ2) is 61.8. The third-order valence-corrected chi connectivity index (χ3v) is 17.2. The zero-order valence-corrected chi connectivity index (χ0v) is 70.9. The highest BCUT2D eigenvalue weighted by Crippen LogP contribution is 2.30. The molecule has 0 aromatic heterocycles. The van der Waals surface area contributed by atoms with E-state index in [1.807, 2.05) is 6.92 Å². The largest absolute Gasteiger partial charge is 0.490 e. The Morgan fingerprint density at radius 3 is 0.475 bits per heavy atom. The molecule has 0 bridgehead atoms. The summed E-state index contributed by atoms with van der Waals surface area (Å²) in [6.07, 6.45) is 23.4. The third-order valence-electron chi connectivity index (χ3n) is 17.2. The van der Waals surface area contributed by atoms with Crippen molar-refractivity contribution in [3.63, 3.8) is 0 Å². The Hall–Kier alpha value is -9.48. The van der Waals surface area contributed by atoms with Crippen molar-refractivity contribution < 1.29 is 108 Å². The van der Waals surface area contributed by atoms with Gasteiger partial charge in [-0.2, -0.15) is 35.1 Å². The van der Waals surface area contributed by atoms with E-state index in [0.29, 0.717) is 73.0 Å². The van der Waals surface area contributed by atoms with E-state index < -0.39 is 93.1 Å². The summed E-state index contributed by atoms with van der Waals surface area (Å²) in [6, 6.07) is 23.7. The minimum atomic E-state index is -0.943. The Morgan fingerprint density at radius 2 is 0.322 bits per heavy atom. The molecular weight excluding hydrogens is 1560 g/mol. The first-order valence-electron chi connectivity index (χ1n) is 40.1. The van der Waals surface area contributed by atoms with Crippen LogP contribution in [0.15, 0.2) is 122 Å². The molecule has 8 aromatic rings. The van der Waals surface area contributed by atoms with Crippen molar-refractivity contribution in [3.8, 4) is 46.0 Å². The number of halogens is 16. The van der Waals surface area contributed by atoms with Gasteiger partial charge in [0.1, 0.15) is 13.2 Å². The number of unbranched alkanes of at least 4 members (excludes halogenated alkanes) is 14. The first-order valence-corrected chi connectivity index (χ1v) is 40.1. The molecule has 656 valence electrons. The summed E-state index contributed by atoms with van der Waals surface area (Å²) in [6.45, 7) is 34.5. The second-order valence-corrected chi connectivity index (χ2v) is 27.3. The zero-order valence-electron chi connectivity index (χ0n) is 70.9. The maximum absolute atomic E-state index is 13.3. The van der Waals surface area contributed by atoms with E-state index in [2.05, 4.69) is 47.8 Å². The molecule has 8 nitrogen and oxygen atoms in total. The van der Waals surface area contributed by atoms with Crippen LogP contribution in [0.1, 0.15) is 214 Å². The fourth-order valence-corrected chi connectivity index (χ4v) is 9.74. The molecule has 8 aromatic carbocycles. The summed E-state index contributed by atoms with van der Waals surface area (Å²) in [4.78, 5) is 0. The zero-order chi connectivity index (χ0) is 88.7. The molecule has 0 spiro atoms. The number of aryl methyl sites for hydroxylation is 8. The van der Waals surface area contributed by atoms with Crippen LogP contribution in [-0.4, -0.2) is 52.9 Å². The van der Waals surface area contributed by atoms with Crippen LogP contribution in [0, 0.1) is 148 Å². The van der Waals surface area contributed by atoms with Gasteiger partial charge in [-0.05, 0) is 187 Å². The molecular formula is C94H120F16O8. The molecule has 24 heteroatoms. The van der Waals surface area contributed by atoms with E-state index in [1.165, 1.54) is 165 Å². The first kappa shape index (κ1) is 107. The van der Waals surface area contributed by atoms with Crippen molar-refractivity contribution in [2.24, 2.45) is 0 Å². The van der Waals surface area contributed by atoms with E-state index >= 15 is 0 Å². The average molecular weight is 1680 g/mol. The lowest BCUT2D eigenvalue weighted by Gasteiger charge is -2.08. The lowest BCUT2D eigenvalue weighted by Crippen LogP contribution is -2.01. The fraction of sp³-hybridized carbons (Fsp3) is 0.447. The normalized spacial score (nSPS) is 10.3. The van der Waals surface area contributed by atoms with E-state index in [0.717, 1.165) is 128 Å². The quantitative estimate of drug-likeness (QED) is 0.0215. The van der Waals surface area contributed by atoms with E-state index in [-0.39, 0.29) is 70.3 Å². The molecule has 0 atom stereocenters. The molecule has 8 rings (SSSR count). The Morgan fingerprint density at radius 1 is 0.186 bits per heavy atom. The Labute approximate surface area is 689 Å². The highest BCUT2D eigenvalue weighted by molar-refractivity contribution is 5.36. The second-order valence-electron chi connectivity index (χ2n) is 27.3. The SMILES string of the molecule is C=CCOc1ccc(C)c(F)c1F.C=CCOc1ccc(C)c(F)c1F.CCCCCCOc1ccc(C)c(F)c1F.CCCCCCOc1ccc(C)c(F)c1F.CCCCCCOc1ccc(C)c(F)c1F.CCCCCOc1ccc(C)c(F)c1F.CCCCCOc1ccc(C)c(F)c1F.CCCCOc1ccc(C)c(F)c1F. The number of ether oxygens (including phenoxy) is 8. The van der Waals surface area contributed by atoms with Crippen molar-refractivity contribution in [3.05, 3.63) is 260 Å². The van der Waals surface area contributed by atoms with Gasteiger partial charge in [0.15, 0.2) is 92.5 Å². The van der Waals surface area contributed by atoms with Crippen molar-refractivity contribution in [1.29, 1.82) is 0 Å². The van der Waals surface area contributed by atoms with Crippen LogP contribution in [0.2, 0.25) is 0 Å². The molecule has 0 aliphatic rings. The average Bonchev–Trinajstić information content (AvgIpc) is 0.942. The highest BCUT2D eigenvalue weighted by Gasteiger charge is 2.19. The monoisotopic (exact) mass is 1680 g/mol. The molecule has 0 fully saturated rings. The standard InChI is InChI=1S/3C13H18F2O.2C12H16F2O.C11H14F2O.2C10H10F2O/c3*1-3-4-5-6-9-16-11-8-7-10(2)12(14)13(11)15;2*1-3-4-5-8-15-10-7-6-9(2)11(13)12(10)14;1-3-4-7-14-9-6-5-8(2)10(12)11(9)13;2*1-3-6-13-8-5-4-7(2)9(11)10(8)12/h3*7-8H,3-6,9H2,1-2H3;2*6-7H,3-5,8H2,1-2H3;5-6H,3-4,7H2,1-2H3;2*3-5H,1,6H2,2H3. The topological polar surface area (TPSA) is 73.8 Å². The van der Waals surface area contributed by atoms with Gasteiger partial charge in [-0.15, -0.1) is 0 Å². The van der Waals surface area contributed by atoms with Crippen LogP contribution in [0.5, 0.6) is 46.0 Å². The number of benzene rings is 8. The van der Waals surface area contributed by atoms with Gasteiger partial charge in [-0.1, -0.05) is 205 Å². The van der Waals surface area contributed by atoms with Gasteiger partial charge in [0.05, 0.1) is 39.6 Å². The number of hydrogen-bond donors (Lipinski definition) is 0. The highest BCUT2D eigenvalue weighted by atomic mass is 19.2. The van der Waals surface area contributed by atoms with Gasteiger partial charge in [-0.3, -0.25) is 0 Å². The van der Waals surface area contributed by atoms with Crippen LogP contribution in [0.25, 0.3) is 0 Å². The maximum Gasteiger partial charge on any atom is 0.200 e. The summed E-state index contributed by atoms with van der Waals surface area (Å²) in [5, 5.41) is 0. The van der Waals surface area contributed by atoms with Gasteiger partial charge >= 0.3 is 0 Å². The van der Waals surface area contributed by atoms with Crippen molar-refractivity contribution in [1.82, 2.24) is 0 Å². The van der Waals surface area contributed by atoms with Gasteiger partial charge in [0.25, 0.3) is 0 Å². The molecule has 0 amide bonds. The summed E-state index contributed by atoms with van der Waals surface area (Å²) < 4.78 is 251. The Bertz CT molecular complexity index is 3900. The van der Waals surface area contributed by atoms with Crippen LogP contribution in [0.4, 0.5) is 70.2 Å². The maximum atomic E-state index is 13.3. The van der Waals surface area contributed by atoms with Crippen LogP contribution in [0.3, 0.4) is 0 Å². The smallest absolute Gasteiger partial charge is 0.200 e. The van der Waals surface area contributed by atoms with Gasteiger partial charge in [-0.25, -0.2) is 35.1 Å². The Kier molecular flexibility index (Phi) is 55.8. The number of rotatable bonds is 38. The molecule has 0 radical (unpaired) electrons. The van der Waals surface area contributed by atoms with Crippen LogP contribution >= 0.6 is 0 Å². The molecule has 0 aliphatic carbocycles.